The van der Waals surface area contributed by atoms with Gasteiger partial charge in [0.15, 0.2) is 0 Å². The van der Waals surface area contributed by atoms with Crippen LogP contribution >= 0.6 is 11.8 Å². The van der Waals surface area contributed by atoms with Gasteiger partial charge in [-0.2, -0.15) is 11.8 Å². The van der Waals surface area contributed by atoms with Crippen LogP contribution in [0.1, 0.15) is 22.3 Å². The molecule has 1 aromatic carbocycles. The highest BCUT2D eigenvalue weighted by atomic mass is 32.2. The third-order valence-corrected chi connectivity index (χ3v) is 4.73. The zero-order valence-electron chi connectivity index (χ0n) is 12.0. The number of rotatable bonds is 5. The van der Waals surface area contributed by atoms with E-state index in [0.717, 1.165) is 23.5 Å². The Balaban J connectivity index is 1.87. The summed E-state index contributed by atoms with van der Waals surface area (Å²) in [7, 11) is 1.74. The molecule has 0 spiro atoms. The fourth-order valence-electron chi connectivity index (χ4n) is 2.27. The van der Waals surface area contributed by atoms with Crippen LogP contribution in [0.3, 0.4) is 0 Å². The first-order valence-electron chi connectivity index (χ1n) is 6.98. The number of carbonyl (C=O) groups is 2. The number of urea groups is 1. The van der Waals surface area contributed by atoms with Gasteiger partial charge in [0, 0.05) is 25.4 Å². The fraction of sp³-hybridized carbons (Fsp3) is 0.467. The average Bonchev–Trinajstić information content (AvgIpc) is 2.97. The van der Waals surface area contributed by atoms with Gasteiger partial charge in [-0.15, -0.1) is 0 Å². The highest BCUT2D eigenvalue weighted by Crippen LogP contribution is 2.17. The summed E-state index contributed by atoms with van der Waals surface area (Å²) in [5.74, 6) is 1.14. The Bertz CT molecular complexity index is 515. The highest BCUT2D eigenvalue weighted by Gasteiger charge is 2.19. The van der Waals surface area contributed by atoms with Crippen LogP contribution in [0.4, 0.5) is 4.79 Å². The van der Waals surface area contributed by atoms with Crippen LogP contribution in [0, 0.1) is 0 Å². The first-order chi connectivity index (χ1) is 10.1. The number of carboxylic acid groups (broad SMARTS) is 1. The molecule has 1 aliphatic rings. The highest BCUT2D eigenvalue weighted by molar-refractivity contribution is 7.99. The number of benzene rings is 1. The van der Waals surface area contributed by atoms with Crippen molar-refractivity contribution in [2.24, 2.45) is 0 Å². The number of amides is 2. The molecule has 21 heavy (non-hydrogen) atoms. The molecule has 2 rings (SSSR count). The zero-order valence-corrected chi connectivity index (χ0v) is 12.9. The number of hydrogen-bond acceptors (Lipinski definition) is 3. The van der Waals surface area contributed by atoms with Crippen molar-refractivity contribution in [3.63, 3.8) is 0 Å². The van der Waals surface area contributed by atoms with Crippen molar-refractivity contribution in [2.75, 3.05) is 25.1 Å². The summed E-state index contributed by atoms with van der Waals surface area (Å²) in [6, 6.07) is 7.08. The second kappa shape index (κ2) is 7.36. The molecule has 0 aliphatic carbocycles. The van der Waals surface area contributed by atoms with E-state index in [2.05, 4.69) is 5.32 Å². The molecule has 0 saturated carbocycles. The van der Waals surface area contributed by atoms with E-state index in [1.54, 1.807) is 30.1 Å². The van der Waals surface area contributed by atoms with E-state index in [0.29, 0.717) is 18.5 Å². The minimum Gasteiger partial charge on any atom is -0.478 e. The van der Waals surface area contributed by atoms with E-state index >= 15 is 0 Å². The lowest BCUT2D eigenvalue weighted by molar-refractivity contribution is 0.0695. The monoisotopic (exact) mass is 308 g/mol. The van der Waals surface area contributed by atoms with Gasteiger partial charge in [0.2, 0.25) is 0 Å². The van der Waals surface area contributed by atoms with Gasteiger partial charge in [0.05, 0.1) is 5.56 Å². The molecular weight excluding hydrogens is 288 g/mol. The minimum absolute atomic E-state index is 0.0877. The van der Waals surface area contributed by atoms with Crippen LogP contribution in [0.5, 0.6) is 0 Å². The van der Waals surface area contributed by atoms with Crippen molar-refractivity contribution in [3.8, 4) is 0 Å². The molecule has 1 fully saturated rings. The predicted molar refractivity (Wildman–Crippen MR) is 84.0 cm³/mol. The number of nitrogens with one attached hydrogen (secondary N) is 1. The molecule has 0 aromatic heterocycles. The maximum atomic E-state index is 12.0. The van der Waals surface area contributed by atoms with Crippen LogP contribution < -0.4 is 5.32 Å². The van der Waals surface area contributed by atoms with Crippen LogP contribution in [-0.2, 0) is 6.42 Å². The van der Waals surface area contributed by atoms with Crippen LogP contribution in [0.25, 0.3) is 0 Å². The number of carbonyl (C=O) groups excluding carboxylic acids is 1. The first-order valence-corrected chi connectivity index (χ1v) is 8.14. The van der Waals surface area contributed by atoms with Crippen molar-refractivity contribution in [3.05, 3.63) is 35.4 Å². The van der Waals surface area contributed by atoms with E-state index in [1.807, 2.05) is 17.8 Å². The normalized spacial score (nSPS) is 17.5. The Kier molecular flexibility index (Phi) is 5.50. The molecule has 1 heterocycles. The predicted octanol–water partition coefficient (Wildman–Crippen LogP) is 2.07. The minimum atomic E-state index is -0.930. The molecule has 5 nitrogen and oxygen atoms in total. The summed E-state index contributed by atoms with van der Waals surface area (Å²) in [5.41, 5.74) is 1.06. The van der Waals surface area contributed by atoms with E-state index in [9.17, 15) is 9.59 Å². The zero-order chi connectivity index (χ0) is 15.2. The molecule has 2 amide bonds. The van der Waals surface area contributed by atoms with Crippen LogP contribution in [0.2, 0.25) is 0 Å². The Morgan fingerprint density at radius 2 is 2.19 bits per heavy atom. The Morgan fingerprint density at radius 3 is 2.86 bits per heavy atom. The molecular formula is C15H20N2O3S. The van der Waals surface area contributed by atoms with Gasteiger partial charge in [-0.25, -0.2) is 9.59 Å². The summed E-state index contributed by atoms with van der Waals surface area (Å²) in [6.07, 6.45) is 1.55. The second-order valence-corrected chi connectivity index (χ2v) is 6.29. The molecule has 0 radical (unpaired) electrons. The number of hydrogen-bond donors (Lipinski definition) is 2. The quantitative estimate of drug-likeness (QED) is 0.874. The lowest BCUT2D eigenvalue weighted by Gasteiger charge is -2.21. The van der Waals surface area contributed by atoms with E-state index < -0.39 is 5.97 Å². The first kappa shape index (κ1) is 15.7. The standard InChI is InChI=1S/C15H20N2O3S/c1-17(15(20)16-12-7-9-21-10-12)8-6-11-4-2-3-5-13(11)14(18)19/h2-5,12H,6-10H2,1H3,(H,16,20)(H,18,19). The van der Waals surface area contributed by atoms with Crippen molar-refractivity contribution in [1.29, 1.82) is 0 Å². The molecule has 114 valence electrons. The summed E-state index contributed by atoms with van der Waals surface area (Å²) in [4.78, 5) is 24.8. The molecule has 1 atom stereocenters. The average molecular weight is 308 g/mol. The van der Waals surface area contributed by atoms with Gasteiger partial charge < -0.3 is 15.3 Å². The lowest BCUT2D eigenvalue weighted by atomic mass is 10.0. The topological polar surface area (TPSA) is 69.6 Å². The van der Waals surface area contributed by atoms with E-state index in [1.165, 1.54) is 0 Å². The van der Waals surface area contributed by atoms with Gasteiger partial charge in [0.25, 0.3) is 0 Å². The largest absolute Gasteiger partial charge is 0.478 e. The fourth-order valence-corrected chi connectivity index (χ4v) is 3.42. The number of carboxylic acids is 1. The van der Waals surface area contributed by atoms with Crippen molar-refractivity contribution in [2.45, 2.75) is 18.9 Å². The summed E-state index contributed by atoms with van der Waals surface area (Å²) >= 11 is 1.85. The van der Waals surface area contributed by atoms with E-state index in [4.69, 9.17) is 5.11 Å². The Labute approximate surface area is 128 Å². The molecule has 2 N–H and O–H groups in total. The third kappa shape index (κ3) is 4.39. The van der Waals surface area contributed by atoms with Gasteiger partial charge in [-0.1, -0.05) is 18.2 Å². The Hall–Kier alpha value is -1.69. The van der Waals surface area contributed by atoms with Crippen molar-refractivity contribution in [1.82, 2.24) is 10.2 Å². The maximum Gasteiger partial charge on any atom is 0.335 e. The smallest absolute Gasteiger partial charge is 0.335 e. The summed E-state index contributed by atoms with van der Waals surface area (Å²) < 4.78 is 0. The maximum absolute atomic E-state index is 12.0. The Morgan fingerprint density at radius 1 is 1.43 bits per heavy atom. The summed E-state index contributed by atoms with van der Waals surface area (Å²) in [6.45, 7) is 0.496. The van der Waals surface area contributed by atoms with Gasteiger partial charge in [-0.05, 0) is 30.2 Å². The van der Waals surface area contributed by atoms with Crippen molar-refractivity contribution < 1.29 is 14.7 Å². The van der Waals surface area contributed by atoms with Gasteiger partial charge in [-0.3, -0.25) is 0 Å². The number of nitrogens with zero attached hydrogens (tertiary/aromatic N) is 1. The molecule has 1 aliphatic heterocycles. The third-order valence-electron chi connectivity index (χ3n) is 3.57. The molecule has 1 unspecified atom stereocenters. The lowest BCUT2D eigenvalue weighted by Crippen LogP contribution is -2.43. The molecule has 0 bridgehead atoms. The van der Waals surface area contributed by atoms with Gasteiger partial charge >= 0.3 is 12.0 Å². The van der Waals surface area contributed by atoms with Crippen LogP contribution in [0.15, 0.2) is 24.3 Å². The SMILES string of the molecule is CN(CCc1ccccc1C(=O)O)C(=O)NC1CCSC1. The molecule has 1 aromatic rings. The number of likely N-dealkylation sites (N-methyl/N-ethyl adjacent to an activating group) is 1. The van der Waals surface area contributed by atoms with E-state index in [-0.39, 0.29) is 12.1 Å². The van der Waals surface area contributed by atoms with Crippen molar-refractivity contribution >= 4 is 23.8 Å². The molecule has 1 saturated heterocycles. The van der Waals surface area contributed by atoms with Gasteiger partial charge in [0.1, 0.15) is 0 Å². The van der Waals surface area contributed by atoms with Crippen LogP contribution in [-0.4, -0.2) is 53.1 Å². The molecule has 6 heteroatoms. The summed E-state index contributed by atoms with van der Waals surface area (Å²) in [5, 5.41) is 12.1. The number of aromatic carboxylic acids is 1. The number of thioether (sulfide) groups is 1. The second-order valence-electron chi connectivity index (χ2n) is 5.14.